The van der Waals surface area contributed by atoms with Crippen LogP contribution in [0.15, 0.2) is 54.6 Å². The van der Waals surface area contributed by atoms with E-state index in [1.807, 2.05) is 44.2 Å². The zero-order valence-corrected chi connectivity index (χ0v) is 15.1. The number of hydrogen-bond donors (Lipinski definition) is 0. The van der Waals surface area contributed by atoms with Crippen LogP contribution >= 0.6 is 0 Å². The SMILES string of the molecule is CCC1(CC)CN(Oc2ccc(C(=O)OCc3ccccc3)cc2)C1=O. The number of β-lactam (4-membered cyclic amide) rings is 1. The Labute approximate surface area is 153 Å². The van der Waals surface area contributed by atoms with Crippen molar-refractivity contribution in [1.82, 2.24) is 5.06 Å². The van der Waals surface area contributed by atoms with Gasteiger partial charge in [-0.3, -0.25) is 4.79 Å². The van der Waals surface area contributed by atoms with Crippen molar-refractivity contribution in [3.05, 3.63) is 65.7 Å². The first-order valence-corrected chi connectivity index (χ1v) is 8.89. The number of rotatable bonds is 7. The lowest BCUT2D eigenvalue weighted by molar-refractivity contribution is -0.205. The first-order valence-electron chi connectivity index (χ1n) is 8.89. The van der Waals surface area contributed by atoms with Crippen molar-refractivity contribution < 1.29 is 19.2 Å². The van der Waals surface area contributed by atoms with Crippen LogP contribution in [-0.4, -0.2) is 23.5 Å². The molecule has 3 rings (SSSR count). The Kier molecular flexibility index (Phi) is 5.26. The molecule has 0 aromatic heterocycles. The predicted octanol–water partition coefficient (Wildman–Crippen LogP) is 3.99. The Morgan fingerprint density at radius 1 is 1.04 bits per heavy atom. The van der Waals surface area contributed by atoms with E-state index < -0.39 is 5.97 Å². The van der Waals surface area contributed by atoms with Gasteiger partial charge in [0.1, 0.15) is 6.61 Å². The Bertz CT molecular complexity index is 766. The molecule has 1 aliphatic rings. The molecular formula is C21H23NO4. The molecule has 2 aromatic carbocycles. The van der Waals surface area contributed by atoms with E-state index in [0.29, 0.717) is 17.9 Å². The average molecular weight is 353 g/mol. The number of hydroxylamine groups is 2. The fourth-order valence-corrected chi connectivity index (χ4v) is 3.02. The van der Waals surface area contributed by atoms with Crippen molar-refractivity contribution in [2.24, 2.45) is 5.41 Å². The van der Waals surface area contributed by atoms with E-state index in [-0.39, 0.29) is 17.9 Å². The van der Waals surface area contributed by atoms with Crippen molar-refractivity contribution in [2.75, 3.05) is 6.54 Å². The molecule has 0 unspecified atom stereocenters. The van der Waals surface area contributed by atoms with Crippen LogP contribution in [0.1, 0.15) is 42.6 Å². The number of amides is 1. The second-order valence-corrected chi connectivity index (χ2v) is 6.51. The van der Waals surface area contributed by atoms with E-state index in [0.717, 1.165) is 18.4 Å². The molecule has 0 bridgehead atoms. The molecule has 0 aliphatic carbocycles. The van der Waals surface area contributed by atoms with Gasteiger partial charge in [0.05, 0.1) is 17.5 Å². The molecule has 0 N–H and O–H groups in total. The molecule has 26 heavy (non-hydrogen) atoms. The number of carbonyl (C=O) groups is 2. The highest BCUT2D eigenvalue weighted by molar-refractivity contribution is 5.89. The van der Waals surface area contributed by atoms with Gasteiger partial charge in [-0.15, -0.1) is 0 Å². The van der Waals surface area contributed by atoms with Crippen molar-refractivity contribution in [1.29, 1.82) is 0 Å². The summed E-state index contributed by atoms with van der Waals surface area (Å²) in [4.78, 5) is 30.0. The summed E-state index contributed by atoms with van der Waals surface area (Å²) >= 11 is 0. The molecular weight excluding hydrogens is 330 g/mol. The zero-order chi connectivity index (χ0) is 18.6. The highest BCUT2D eigenvalue weighted by Crippen LogP contribution is 2.38. The zero-order valence-electron chi connectivity index (χ0n) is 15.1. The minimum Gasteiger partial charge on any atom is -0.457 e. The standard InChI is InChI=1S/C21H23NO4/c1-3-21(4-2)15-22(20(21)24)26-18-12-10-17(11-13-18)19(23)25-14-16-8-6-5-7-9-16/h5-13H,3-4,14-15H2,1-2H3. The third-order valence-corrected chi connectivity index (χ3v) is 5.00. The fraction of sp³-hybridized carbons (Fsp3) is 0.333. The molecule has 0 spiro atoms. The van der Waals surface area contributed by atoms with E-state index in [4.69, 9.17) is 9.57 Å². The quantitative estimate of drug-likeness (QED) is 0.558. The molecule has 0 atom stereocenters. The van der Waals surface area contributed by atoms with Crippen molar-refractivity contribution in [3.63, 3.8) is 0 Å². The average Bonchev–Trinajstić information content (AvgIpc) is 2.70. The maximum absolute atomic E-state index is 12.3. The maximum Gasteiger partial charge on any atom is 0.338 e. The van der Waals surface area contributed by atoms with Gasteiger partial charge in [-0.2, -0.15) is 5.06 Å². The third-order valence-electron chi connectivity index (χ3n) is 5.00. The van der Waals surface area contributed by atoms with Gasteiger partial charge < -0.3 is 9.57 Å². The summed E-state index contributed by atoms with van der Waals surface area (Å²) in [5, 5.41) is 1.38. The van der Waals surface area contributed by atoms with Gasteiger partial charge in [-0.25, -0.2) is 4.79 Å². The molecule has 5 heteroatoms. The van der Waals surface area contributed by atoms with Gasteiger partial charge in [-0.1, -0.05) is 44.2 Å². The normalized spacial score (nSPS) is 15.3. The molecule has 0 radical (unpaired) electrons. The van der Waals surface area contributed by atoms with E-state index >= 15 is 0 Å². The van der Waals surface area contributed by atoms with E-state index in [2.05, 4.69) is 0 Å². The largest absolute Gasteiger partial charge is 0.457 e. The van der Waals surface area contributed by atoms with Crippen LogP contribution in [0, 0.1) is 5.41 Å². The summed E-state index contributed by atoms with van der Waals surface area (Å²) < 4.78 is 5.30. The Hall–Kier alpha value is -2.82. The van der Waals surface area contributed by atoms with E-state index in [9.17, 15) is 9.59 Å². The topological polar surface area (TPSA) is 55.8 Å². The van der Waals surface area contributed by atoms with Crippen LogP contribution in [-0.2, 0) is 16.1 Å². The summed E-state index contributed by atoms with van der Waals surface area (Å²) in [6.07, 6.45) is 1.63. The highest BCUT2D eigenvalue weighted by Gasteiger charge is 2.51. The summed E-state index contributed by atoms with van der Waals surface area (Å²) in [6, 6.07) is 16.1. The second kappa shape index (κ2) is 7.60. The minimum absolute atomic E-state index is 0.0221. The van der Waals surface area contributed by atoms with Crippen LogP contribution in [0.2, 0.25) is 0 Å². The molecule has 0 saturated carbocycles. The van der Waals surface area contributed by atoms with Crippen LogP contribution in [0.3, 0.4) is 0 Å². The van der Waals surface area contributed by atoms with Crippen molar-refractivity contribution >= 4 is 11.9 Å². The maximum atomic E-state index is 12.3. The van der Waals surface area contributed by atoms with Crippen molar-refractivity contribution in [2.45, 2.75) is 33.3 Å². The smallest absolute Gasteiger partial charge is 0.338 e. The van der Waals surface area contributed by atoms with Crippen molar-refractivity contribution in [3.8, 4) is 5.75 Å². The van der Waals surface area contributed by atoms with Gasteiger partial charge in [0, 0.05) is 0 Å². The lowest BCUT2D eigenvalue weighted by Crippen LogP contribution is -2.62. The summed E-state index contributed by atoms with van der Waals surface area (Å²) in [5.41, 5.74) is 1.10. The Morgan fingerprint density at radius 2 is 1.69 bits per heavy atom. The van der Waals surface area contributed by atoms with Crippen LogP contribution < -0.4 is 4.84 Å². The molecule has 1 aliphatic heterocycles. The van der Waals surface area contributed by atoms with E-state index in [1.165, 1.54) is 5.06 Å². The lowest BCUT2D eigenvalue weighted by Gasteiger charge is -2.46. The Morgan fingerprint density at radius 3 is 2.27 bits per heavy atom. The van der Waals surface area contributed by atoms with Crippen LogP contribution in [0.4, 0.5) is 0 Å². The monoisotopic (exact) mass is 353 g/mol. The molecule has 1 amide bonds. The van der Waals surface area contributed by atoms with Gasteiger partial charge >= 0.3 is 5.97 Å². The molecule has 1 heterocycles. The second-order valence-electron chi connectivity index (χ2n) is 6.51. The first kappa shape index (κ1) is 18.0. The predicted molar refractivity (Wildman–Crippen MR) is 97.4 cm³/mol. The molecule has 5 nitrogen and oxygen atoms in total. The number of hydrogen-bond acceptors (Lipinski definition) is 4. The van der Waals surface area contributed by atoms with Crippen LogP contribution in [0.5, 0.6) is 5.75 Å². The number of carbonyl (C=O) groups excluding carboxylic acids is 2. The summed E-state index contributed by atoms with van der Waals surface area (Å²) in [5.74, 6) is 0.157. The number of ether oxygens (including phenoxy) is 1. The number of esters is 1. The minimum atomic E-state index is -0.392. The number of benzene rings is 2. The van der Waals surface area contributed by atoms with Gasteiger partial charge in [0.25, 0.3) is 5.91 Å². The van der Waals surface area contributed by atoms with Crippen LogP contribution in [0.25, 0.3) is 0 Å². The van der Waals surface area contributed by atoms with E-state index in [1.54, 1.807) is 24.3 Å². The Balaban J connectivity index is 1.54. The molecule has 2 aromatic rings. The first-order chi connectivity index (χ1) is 12.6. The summed E-state index contributed by atoms with van der Waals surface area (Å²) in [6.45, 7) is 4.87. The number of nitrogens with zero attached hydrogens (tertiary/aromatic N) is 1. The third kappa shape index (κ3) is 3.57. The van der Waals surface area contributed by atoms with Gasteiger partial charge in [0.15, 0.2) is 5.75 Å². The summed E-state index contributed by atoms with van der Waals surface area (Å²) in [7, 11) is 0. The lowest BCUT2D eigenvalue weighted by atomic mass is 9.75. The molecule has 1 saturated heterocycles. The van der Waals surface area contributed by atoms with Gasteiger partial charge in [-0.05, 0) is 42.7 Å². The van der Waals surface area contributed by atoms with Gasteiger partial charge in [0.2, 0.25) is 0 Å². The fourth-order valence-electron chi connectivity index (χ4n) is 3.02. The molecule has 1 fully saturated rings. The highest BCUT2D eigenvalue weighted by atomic mass is 16.7. The molecule has 136 valence electrons.